The average molecular weight is 530 g/mol. The van der Waals surface area contributed by atoms with E-state index in [1.54, 1.807) is 24.5 Å². The summed E-state index contributed by atoms with van der Waals surface area (Å²) in [4.78, 5) is 51.7. The van der Waals surface area contributed by atoms with E-state index in [1.807, 2.05) is 35.2 Å². The number of piperidine rings is 1. The van der Waals surface area contributed by atoms with Gasteiger partial charge < -0.3 is 15.4 Å². The molecule has 11 nitrogen and oxygen atoms in total. The van der Waals surface area contributed by atoms with Crippen molar-refractivity contribution in [3.8, 4) is 11.8 Å². The first kappa shape index (κ1) is 26.2. The monoisotopic (exact) mass is 529 g/mol. The van der Waals surface area contributed by atoms with E-state index in [2.05, 4.69) is 16.8 Å². The highest BCUT2D eigenvalue weighted by Crippen LogP contribution is 2.23. The van der Waals surface area contributed by atoms with Crippen LogP contribution in [0.4, 0.5) is 5.95 Å². The minimum atomic E-state index is -0.663. The molecular formula is C28H31N7O4. The lowest BCUT2D eigenvalue weighted by Gasteiger charge is -2.31. The van der Waals surface area contributed by atoms with Crippen LogP contribution in [0.5, 0.6) is 0 Å². The van der Waals surface area contributed by atoms with Gasteiger partial charge in [-0.3, -0.25) is 28.3 Å². The predicted octanol–water partition coefficient (Wildman–Crippen LogP) is 1.47. The highest BCUT2D eigenvalue weighted by atomic mass is 16.5. The molecule has 1 aromatic carbocycles. The lowest BCUT2D eigenvalue weighted by molar-refractivity contribution is -0.143. The summed E-state index contributed by atoms with van der Waals surface area (Å²) >= 11 is 0. The second-order valence-corrected chi connectivity index (χ2v) is 9.51. The number of imidazole rings is 1. The maximum atomic E-state index is 14.0. The summed E-state index contributed by atoms with van der Waals surface area (Å²) in [6.07, 6.45) is 1.77. The summed E-state index contributed by atoms with van der Waals surface area (Å²) in [5.41, 5.74) is 6.66. The number of hydrogen-bond donors (Lipinski definition) is 1. The number of ether oxygens (including phenoxy) is 1. The molecule has 11 heteroatoms. The molecule has 4 heterocycles. The van der Waals surface area contributed by atoms with Crippen LogP contribution in [0.2, 0.25) is 0 Å². The van der Waals surface area contributed by atoms with E-state index in [4.69, 9.17) is 15.5 Å². The van der Waals surface area contributed by atoms with Gasteiger partial charge in [0.1, 0.15) is 6.54 Å². The lowest BCUT2D eigenvalue weighted by Crippen LogP contribution is -2.44. The number of para-hydroxylation sites is 1. The number of anilines is 1. The van der Waals surface area contributed by atoms with Gasteiger partial charge in [0.2, 0.25) is 5.95 Å². The van der Waals surface area contributed by atoms with E-state index >= 15 is 0 Å². The summed E-state index contributed by atoms with van der Waals surface area (Å²) in [6.45, 7) is 4.56. The maximum absolute atomic E-state index is 14.0. The molecule has 0 spiro atoms. The number of carbonyl (C=O) groups excluding carboxylic acids is 1. The molecule has 0 aliphatic carbocycles. The number of benzene rings is 1. The van der Waals surface area contributed by atoms with Gasteiger partial charge in [0, 0.05) is 24.5 Å². The molecular weight excluding hydrogens is 498 g/mol. The van der Waals surface area contributed by atoms with Crippen LogP contribution in [0.1, 0.15) is 32.4 Å². The zero-order valence-corrected chi connectivity index (χ0v) is 22.1. The van der Waals surface area contributed by atoms with Gasteiger partial charge in [-0.25, -0.2) is 4.79 Å². The van der Waals surface area contributed by atoms with Gasteiger partial charge >= 0.3 is 11.7 Å². The van der Waals surface area contributed by atoms with Crippen molar-refractivity contribution in [1.29, 1.82) is 0 Å². The predicted molar refractivity (Wildman–Crippen MR) is 149 cm³/mol. The molecule has 5 rings (SSSR count). The van der Waals surface area contributed by atoms with Gasteiger partial charge in [0.15, 0.2) is 11.2 Å². The van der Waals surface area contributed by atoms with Crippen LogP contribution in [0.25, 0.3) is 22.1 Å². The molecule has 1 aliphatic rings. The highest BCUT2D eigenvalue weighted by molar-refractivity contribution is 5.79. The van der Waals surface area contributed by atoms with E-state index in [0.29, 0.717) is 24.7 Å². The standard InChI is InChI=1S/C28H31N7O4/c1-3-5-15-33-24-25(31-27(33)32-14-8-10-20(29)16-32)34(18-23(36)39-4-2)28(38)35(26(24)37)17-21-13-12-19-9-6-7-11-22(19)30-21/h6-7,9,11-13,20H,4,8,10,14-18,29H2,1-2H3. The zero-order chi connectivity index (χ0) is 27.5. The first-order chi connectivity index (χ1) is 18.9. The van der Waals surface area contributed by atoms with Gasteiger partial charge in [0.05, 0.1) is 30.9 Å². The Morgan fingerprint density at radius 3 is 2.72 bits per heavy atom. The second kappa shape index (κ2) is 11.1. The van der Waals surface area contributed by atoms with Crippen molar-refractivity contribution in [1.82, 2.24) is 23.7 Å². The maximum Gasteiger partial charge on any atom is 0.333 e. The van der Waals surface area contributed by atoms with Crippen LogP contribution in [-0.2, 0) is 29.2 Å². The summed E-state index contributed by atoms with van der Waals surface area (Å²) in [5, 5.41) is 0.948. The number of fused-ring (bicyclic) bond motifs is 2. The number of nitrogens with zero attached hydrogens (tertiary/aromatic N) is 6. The molecule has 0 radical (unpaired) electrons. The van der Waals surface area contributed by atoms with Gasteiger partial charge in [-0.05, 0) is 38.8 Å². The fourth-order valence-corrected chi connectivity index (χ4v) is 5.00. The minimum absolute atomic E-state index is 0.0402. The Labute approximate surface area is 224 Å². The third-order valence-corrected chi connectivity index (χ3v) is 6.82. The van der Waals surface area contributed by atoms with Gasteiger partial charge in [0.25, 0.3) is 5.56 Å². The van der Waals surface area contributed by atoms with Gasteiger partial charge in [-0.15, -0.1) is 5.92 Å². The largest absolute Gasteiger partial charge is 0.465 e. The highest BCUT2D eigenvalue weighted by Gasteiger charge is 2.27. The van der Waals surface area contributed by atoms with Crippen LogP contribution in [-0.4, -0.2) is 55.4 Å². The summed E-state index contributed by atoms with van der Waals surface area (Å²) in [7, 11) is 0. The van der Waals surface area contributed by atoms with Crippen LogP contribution in [0.3, 0.4) is 0 Å². The molecule has 202 valence electrons. The number of carbonyl (C=O) groups is 1. The Bertz CT molecular complexity index is 1720. The molecule has 1 aliphatic heterocycles. The van der Waals surface area contributed by atoms with Crippen molar-refractivity contribution in [3.05, 3.63) is 62.9 Å². The number of rotatable bonds is 7. The summed E-state index contributed by atoms with van der Waals surface area (Å²) in [6, 6.07) is 11.3. The molecule has 0 bridgehead atoms. The van der Waals surface area contributed by atoms with E-state index < -0.39 is 17.2 Å². The van der Waals surface area contributed by atoms with Crippen molar-refractivity contribution in [2.24, 2.45) is 5.73 Å². The quantitative estimate of drug-likeness (QED) is 0.281. The first-order valence-electron chi connectivity index (χ1n) is 13.1. The van der Waals surface area contributed by atoms with Gasteiger partial charge in [-0.2, -0.15) is 4.98 Å². The normalized spacial score (nSPS) is 15.4. The molecule has 3 aromatic heterocycles. The lowest BCUT2D eigenvalue weighted by atomic mass is 10.1. The third kappa shape index (κ3) is 5.15. The van der Waals surface area contributed by atoms with Crippen LogP contribution >= 0.6 is 0 Å². The molecule has 1 fully saturated rings. The molecule has 1 saturated heterocycles. The fraction of sp³-hybridized carbons (Fsp3) is 0.393. The van der Waals surface area contributed by atoms with E-state index in [0.717, 1.165) is 28.3 Å². The molecule has 39 heavy (non-hydrogen) atoms. The van der Waals surface area contributed by atoms with Crippen LogP contribution < -0.4 is 21.9 Å². The fourth-order valence-electron chi connectivity index (χ4n) is 5.00. The molecule has 2 N–H and O–H groups in total. The molecule has 0 saturated carbocycles. The topological polar surface area (TPSA) is 130 Å². The average Bonchev–Trinajstić information content (AvgIpc) is 3.32. The molecule has 1 unspecified atom stereocenters. The number of pyridine rings is 1. The van der Waals surface area contributed by atoms with E-state index in [9.17, 15) is 14.4 Å². The molecule has 0 amide bonds. The Kier molecular flexibility index (Phi) is 7.47. The third-order valence-electron chi connectivity index (χ3n) is 6.82. The number of hydrogen-bond acceptors (Lipinski definition) is 8. The van der Waals surface area contributed by atoms with Gasteiger partial charge in [-0.1, -0.05) is 30.2 Å². The summed E-state index contributed by atoms with van der Waals surface area (Å²) < 4.78 is 9.16. The Balaban J connectivity index is 1.73. The van der Waals surface area contributed by atoms with Crippen LogP contribution in [0.15, 0.2) is 46.0 Å². The zero-order valence-electron chi connectivity index (χ0n) is 22.1. The van der Waals surface area contributed by atoms with Crippen molar-refractivity contribution < 1.29 is 9.53 Å². The van der Waals surface area contributed by atoms with E-state index in [1.165, 1.54) is 4.57 Å². The number of esters is 1. The van der Waals surface area contributed by atoms with E-state index in [-0.39, 0.29) is 43.4 Å². The van der Waals surface area contributed by atoms with Crippen molar-refractivity contribution >= 4 is 34.0 Å². The number of nitrogens with two attached hydrogens (primary N) is 1. The van der Waals surface area contributed by atoms with Crippen molar-refractivity contribution in [3.63, 3.8) is 0 Å². The van der Waals surface area contributed by atoms with Crippen LogP contribution in [0, 0.1) is 11.8 Å². The first-order valence-corrected chi connectivity index (χ1v) is 13.1. The smallest absolute Gasteiger partial charge is 0.333 e. The molecule has 4 aromatic rings. The Morgan fingerprint density at radius 1 is 1.13 bits per heavy atom. The Hall–Kier alpha value is -4.43. The number of aromatic nitrogens is 5. The van der Waals surface area contributed by atoms with Crippen molar-refractivity contribution in [2.75, 3.05) is 24.6 Å². The minimum Gasteiger partial charge on any atom is -0.465 e. The second-order valence-electron chi connectivity index (χ2n) is 9.51. The SMILES string of the molecule is CC#CCn1c(N2CCCC(N)C2)nc2c1c(=O)n(Cc1ccc3ccccc3n1)c(=O)n2CC(=O)OCC. The molecule has 1 atom stereocenters. The van der Waals surface area contributed by atoms with Crippen molar-refractivity contribution in [2.45, 2.75) is 52.4 Å². The summed E-state index contributed by atoms with van der Waals surface area (Å²) in [5.74, 6) is 5.79. The Morgan fingerprint density at radius 2 is 1.95 bits per heavy atom.